The molecule has 4 rings (SSSR count). The fraction of sp³-hybridized carbons (Fsp3) is 0.588. The van der Waals surface area contributed by atoms with E-state index in [4.69, 9.17) is 0 Å². The summed E-state index contributed by atoms with van der Waals surface area (Å²) in [6, 6.07) is 0. The molecule has 24 heavy (non-hydrogen) atoms. The van der Waals surface area contributed by atoms with Crippen LogP contribution in [0.4, 0.5) is 0 Å². The van der Waals surface area contributed by atoms with Crippen molar-refractivity contribution in [1.82, 2.24) is 19.8 Å². The maximum Gasteiger partial charge on any atom is 0.231 e. The topological polar surface area (TPSA) is 49.3 Å². The minimum atomic E-state index is -0.0390. The van der Waals surface area contributed by atoms with E-state index in [2.05, 4.69) is 19.8 Å². The van der Waals surface area contributed by atoms with E-state index in [1.165, 1.54) is 25.7 Å². The van der Waals surface area contributed by atoms with Crippen molar-refractivity contribution in [2.75, 3.05) is 26.2 Å². The third-order valence-corrected chi connectivity index (χ3v) is 6.35. The Hall–Kier alpha value is -1.15. The van der Waals surface area contributed by atoms with Crippen LogP contribution in [-0.4, -0.2) is 51.7 Å². The number of likely N-dealkylation sites (tertiary alicyclic amines) is 2. The number of aromatic nitrogens is 2. The lowest BCUT2D eigenvalue weighted by molar-refractivity contribution is 0.103. The van der Waals surface area contributed by atoms with Gasteiger partial charge in [-0.1, -0.05) is 0 Å². The van der Waals surface area contributed by atoms with Gasteiger partial charge in [0.15, 0.2) is 0 Å². The van der Waals surface area contributed by atoms with Gasteiger partial charge in [-0.2, -0.15) is 0 Å². The first-order valence-electron chi connectivity index (χ1n) is 8.66. The first kappa shape index (κ1) is 16.3. The average Bonchev–Trinajstić information content (AvgIpc) is 3.36. The molecule has 2 aromatic heterocycles. The molecule has 0 atom stereocenters. The van der Waals surface area contributed by atoms with Crippen molar-refractivity contribution >= 4 is 28.5 Å². The zero-order valence-corrected chi connectivity index (χ0v) is 15.4. The first-order chi connectivity index (χ1) is 11.8. The number of rotatable bonds is 6. The number of carbonyl (C=O) groups excluding carboxylic acids is 1. The highest BCUT2D eigenvalue weighted by atomic mass is 32.1. The smallest absolute Gasteiger partial charge is 0.231 e. The van der Waals surface area contributed by atoms with Gasteiger partial charge in [0.1, 0.15) is 21.4 Å². The van der Waals surface area contributed by atoms with E-state index in [1.807, 2.05) is 10.8 Å². The van der Waals surface area contributed by atoms with Gasteiger partial charge in [-0.3, -0.25) is 14.6 Å². The quantitative estimate of drug-likeness (QED) is 0.739. The first-order valence-corrected chi connectivity index (χ1v) is 10.4. The van der Waals surface area contributed by atoms with E-state index in [9.17, 15) is 4.79 Å². The van der Waals surface area contributed by atoms with Gasteiger partial charge < -0.3 is 0 Å². The fourth-order valence-electron chi connectivity index (χ4n) is 3.37. The molecule has 2 aromatic rings. The van der Waals surface area contributed by atoms with Crippen LogP contribution in [0.2, 0.25) is 0 Å². The normalized spacial score (nSPS) is 19.3. The Labute approximate surface area is 150 Å². The molecule has 0 saturated carbocycles. The Kier molecular flexibility index (Phi) is 5.03. The SMILES string of the molecule is O=C(c1csc(CN2CCCC2)n1)c1csc(CN2CCCC2)n1. The second-order valence-electron chi connectivity index (χ2n) is 6.55. The van der Waals surface area contributed by atoms with Crippen LogP contribution >= 0.6 is 22.7 Å². The highest BCUT2D eigenvalue weighted by Crippen LogP contribution is 2.21. The number of ketones is 1. The van der Waals surface area contributed by atoms with Gasteiger partial charge in [-0.15, -0.1) is 22.7 Å². The maximum absolute atomic E-state index is 12.6. The molecule has 0 N–H and O–H groups in total. The van der Waals surface area contributed by atoms with E-state index < -0.39 is 0 Å². The molecular weight excluding hydrogens is 340 g/mol. The van der Waals surface area contributed by atoms with Crippen LogP contribution in [-0.2, 0) is 13.1 Å². The van der Waals surface area contributed by atoms with Crippen molar-refractivity contribution < 1.29 is 4.79 Å². The van der Waals surface area contributed by atoms with Crippen molar-refractivity contribution in [1.29, 1.82) is 0 Å². The van der Waals surface area contributed by atoms with Gasteiger partial charge in [0.25, 0.3) is 0 Å². The fourth-order valence-corrected chi connectivity index (χ4v) is 5.00. The monoisotopic (exact) mass is 362 g/mol. The molecule has 0 amide bonds. The minimum Gasteiger partial charge on any atom is -0.297 e. The molecule has 0 unspecified atom stereocenters. The summed E-state index contributed by atoms with van der Waals surface area (Å²) in [5, 5.41) is 5.83. The third kappa shape index (κ3) is 3.74. The van der Waals surface area contributed by atoms with Crippen LogP contribution < -0.4 is 0 Å². The molecule has 2 aliphatic heterocycles. The van der Waals surface area contributed by atoms with Crippen LogP contribution in [0.15, 0.2) is 10.8 Å². The lowest BCUT2D eigenvalue weighted by Crippen LogP contribution is -2.18. The molecule has 0 aromatic carbocycles. The Morgan fingerprint density at radius 1 is 0.833 bits per heavy atom. The largest absolute Gasteiger partial charge is 0.297 e. The maximum atomic E-state index is 12.6. The molecule has 2 fully saturated rings. The molecule has 0 bridgehead atoms. The molecule has 0 spiro atoms. The highest BCUT2D eigenvalue weighted by molar-refractivity contribution is 7.10. The van der Waals surface area contributed by atoms with Gasteiger partial charge in [-0.25, -0.2) is 9.97 Å². The summed E-state index contributed by atoms with van der Waals surface area (Å²) < 4.78 is 0. The lowest BCUT2D eigenvalue weighted by atomic mass is 10.2. The average molecular weight is 363 g/mol. The molecule has 4 heterocycles. The van der Waals surface area contributed by atoms with Crippen LogP contribution in [0.1, 0.15) is 51.9 Å². The van der Waals surface area contributed by atoms with Crippen LogP contribution in [0.25, 0.3) is 0 Å². The lowest BCUT2D eigenvalue weighted by Gasteiger charge is -2.11. The molecule has 0 aliphatic carbocycles. The molecule has 0 radical (unpaired) electrons. The molecule has 5 nitrogen and oxygen atoms in total. The summed E-state index contributed by atoms with van der Waals surface area (Å²) in [4.78, 5) is 26.5. The van der Waals surface area contributed by atoms with Crippen molar-refractivity contribution in [3.05, 3.63) is 32.2 Å². The van der Waals surface area contributed by atoms with Crippen molar-refractivity contribution in [3.8, 4) is 0 Å². The zero-order chi connectivity index (χ0) is 16.4. The summed E-state index contributed by atoms with van der Waals surface area (Å²) in [5.41, 5.74) is 1.10. The Morgan fingerprint density at radius 2 is 1.25 bits per heavy atom. The van der Waals surface area contributed by atoms with E-state index in [0.29, 0.717) is 11.4 Å². The van der Waals surface area contributed by atoms with Crippen LogP contribution in [0.3, 0.4) is 0 Å². The molecule has 2 saturated heterocycles. The van der Waals surface area contributed by atoms with Gasteiger partial charge >= 0.3 is 0 Å². The van der Waals surface area contributed by atoms with Gasteiger partial charge in [0.05, 0.1) is 13.1 Å². The van der Waals surface area contributed by atoms with Crippen molar-refractivity contribution in [2.45, 2.75) is 38.8 Å². The second kappa shape index (κ2) is 7.39. The second-order valence-corrected chi connectivity index (χ2v) is 8.43. The summed E-state index contributed by atoms with van der Waals surface area (Å²) in [5.74, 6) is -0.0390. The number of hydrogen-bond donors (Lipinski definition) is 0. The van der Waals surface area contributed by atoms with E-state index in [-0.39, 0.29) is 5.78 Å². The Bertz CT molecular complexity index is 641. The molecule has 2 aliphatic rings. The molecule has 128 valence electrons. The zero-order valence-electron chi connectivity index (χ0n) is 13.7. The molecular formula is C17H22N4OS2. The highest BCUT2D eigenvalue weighted by Gasteiger charge is 2.20. The number of nitrogens with zero attached hydrogens (tertiary/aromatic N) is 4. The standard InChI is InChI=1S/C17H22N4OS2/c22-17(13-11-23-15(18-13)9-20-5-1-2-6-20)14-12-24-16(19-14)10-21-7-3-4-8-21/h11-12H,1-10H2. The number of carbonyl (C=O) groups is 1. The third-order valence-electron chi connectivity index (χ3n) is 4.68. The Morgan fingerprint density at radius 3 is 1.67 bits per heavy atom. The van der Waals surface area contributed by atoms with Gasteiger partial charge in [0, 0.05) is 10.8 Å². The van der Waals surface area contributed by atoms with Crippen molar-refractivity contribution in [2.24, 2.45) is 0 Å². The predicted molar refractivity (Wildman–Crippen MR) is 96.7 cm³/mol. The van der Waals surface area contributed by atoms with Gasteiger partial charge in [0.2, 0.25) is 5.78 Å². The van der Waals surface area contributed by atoms with Gasteiger partial charge in [-0.05, 0) is 51.9 Å². The van der Waals surface area contributed by atoms with Crippen LogP contribution in [0, 0.1) is 0 Å². The number of hydrogen-bond acceptors (Lipinski definition) is 7. The van der Waals surface area contributed by atoms with E-state index >= 15 is 0 Å². The van der Waals surface area contributed by atoms with Crippen molar-refractivity contribution in [3.63, 3.8) is 0 Å². The predicted octanol–water partition coefficient (Wildman–Crippen LogP) is 3.02. The summed E-state index contributed by atoms with van der Waals surface area (Å²) in [7, 11) is 0. The number of thiazole rings is 2. The summed E-state index contributed by atoms with van der Waals surface area (Å²) in [6.07, 6.45) is 5.09. The Balaban J connectivity index is 1.39. The van der Waals surface area contributed by atoms with Crippen LogP contribution in [0.5, 0.6) is 0 Å². The van der Waals surface area contributed by atoms with E-state index in [0.717, 1.165) is 49.3 Å². The summed E-state index contributed by atoms with van der Waals surface area (Å²) >= 11 is 3.17. The summed E-state index contributed by atoms with van der Waals surface area (Å²) in [6.45, 7) is 6.33. The molecule has 7 heteroatoms. The van der Waals surface area contributed by atoms with E-state index in [1.54, 1.807) is 22.7 Å². The minimum absolute atomic E-state index is 0.0390.